The van der Waals surface area contributed by atoms with Gasteiger partial charge in [0.2, 0.25) is 5.91 Å². The molecule has 0 radical (unpaired) electrons. The van der Waals surface area contributed by atoms with Crippen LogP contribution in [0.1, 0.15) is 90.8 Å². The van der Waals surface area contributed by atoms with E-state index in [1.165, 1.54) is 16.7 Å². The highest BCUT2D eigenvalue weighted by Gasteiger charge is 2.45. The summed E-state index contributed by atoms with van der Waals surface area (Å²) in [7, 11) is 0. The van der Waals surface area contributed by atoms with Crippen LogP contribution in [0.4, 0.5) is 4.79 Å². The summed E-state index contributed by atoms with van der Waals surface area (Å²) in [5, 5.41) is 6.94. The van der Waals surface area contributed by atoms with Crippen molar-refractivity contribution in [1.82, 2.24) is 15.5 Å². The second-order valence-electron chi connectivity index (χ2n) is 14.0. The molecule has 1 saturated heterocycles. The van der Waals surface area contributed by atoms with Gasteiger partial charge in [0, 0.05) is 30.4 Å². The van der Waals surface area contributed by atoms with Crippen LogP contribution in [-0.4, -0.2) is 59.0 Å². The number of rotatable bonds is 14. The number of nitrogens with zero attached hydrogens (tertiary/aromatic N) is 1. The molecule has 3 aromatic rings. The predicted molar refractivity (Wildman–Crippen MR) is 196 cm³/mol. The Morgan fingerprint density at radius 2 is 1.38 bits per heavy atom. The zero-order chi connectivity index (χ0) is 34.0. The Kier molecular flexibility index (Phi) is 13.0. The van der Waals surface area contributed by atoms with E-state index in [2.05, 4.69) is 129 Å². The molecule has 3 aromatic carbocycles. The Morgan fingerprint density at radius 1 is 0.872 bits per heavy atom. The Hall–Kier alpha value is -3.29. The van der Waals surface area contributed by atoms with E-state index in [9.17, 15) is 9.59 Å². The molecule has 0 aromatic heterocycles. The van der Waals surface area contributed by atoms with E-state index in [-0.39, 0.29) is 41.3 Å². The molecule has 6 nitrogen and oxygen atoms in total. The largest absolute Gasteiger partial charge is 0.444 e. The first kappa shape index (κ1) is 36.5. The molecule has 1 heterocycles. The first-order chi connectivity index (χ1) is 22.5. The van der Waals surface area contributed by atoms with Crippen LogP contribution in [0.3, 0.4) is 0 Å². The number of likely N-dealkylation sites (tertiary alicyclic amines) is 1. The number of carbonyl (C=O) groups is 2. The summed E-state index contributed by atoms with van der Waals surface area (Å²) in [6.45, 7) is 15.2. The summed E-state index contributed by atoms with van der Waals surface area (Å²) in [5.74, 6) is 0.177. The van der Waals surface area contributed by atoms with E-state index in [4.69, 9.17) is 4.74 Å². The Morgan fingerprint density at radius 3 is 1.83 bits per heavy atom. The van der Waals surface area contributed by atoms with Crippen molar-refractivity contribution in [2.75, 3.05) is 13.1 Å². The van der Waals surface area contributed by atoms with E-state index in [1.54, 1.807) is 0 Å². The van der Waals surface area contributed by atoms with Gasteiger partial charge in [-0.2, -0.15) is 0 Å². The maximum absolute atomic E-state index is 13.8. The molecular weight excluding hydrogens is 603 g/mol. The summed E-state index contributed by atoms with van der Waals surface area (Å²) in [6, 6.07) is 31.7. The maximum Gasteiger partial charge on any atom is 0.410 e. The van der Waals surface area contributed by atoms with Gasteiger partial charge in [0.15, 0.2) is 0 Å². The fourth-order valence-electron chi connectivity index (χ4n) is 6.56. The summed E-state index contributed by atoms with van der Waals surface area (Å²) < 4.78 is 5.46. The maximum atomic E-state index is 13.8. The third kappa shape index (κ3) is 9.41. The van der Waals surface area contributed by atoms with Gasteiger partial charge in [0.05, 0.1) is 10.8 Å². The van der Waals surface area contributed by atoms with Crippen LogP contribution in [0.15, 0.2) is 91.0 Å². The van der Waals surface area contributed by atoms with E-state index in [1.807, 2.05) is 37.4 Å². The van der Waals surface area contributed by atoms with Gasteiger partial charge in [-0.15, -0.1) is 11.8 Å². The van der Waals surface area contributed by atoms with Crippen LogP contribution >= 0.6 is 11.8 Å². The molecule has 0 aliphatic carbocycles. The number of carbonyl (C=O) groups excluding carboxylic acids is 2. The van der Waals surface area contributed by atoms with Gasteiger partial charge < -0.3 is 20.3 Å². The van der Waals surface area contributed by atoms with Crippen LogP contribution in [-0.2, 0) is 14.3 Å². The van der Waals surface area contributed by atoms with Crippen molar-refractivity contribution in [3.63, 3.8) is 0 Å². The molecule has 0 spiro atoms. The quantitative estimate of drug-likeness (QED) is 0.171. The van der Waals surface area contributed by atoms with E-state index >= 15 is 0 Å². The van der Waals surface area contributed by atoms with E-state index < -0.39 is 10.3 Å². The number of thioether (sulfide) groups is 1. The number of nitrogens with one attached hydrogen (secondary N) is 2. The standard InChI is InChI=1S/C40H55N3O3S/c1-8-19-30(4)42-37(44)36(29(3)9-2)41-27-34-26-35(28-43(34)38(45)46-39(5,6)7)47-40(31-20-13-10-14-21-31,32-22-15-11-16-23-32)33-24-17-12-18-25-33/h10-18,20-25,29-30,34-36,41H,8-9,19,26-28H2,1-7H3,(H,42,44)/t29?,30?,34?,35?,36-/m0/s1. The molecule has 0 bridgehead atoms. The number of hydrogen-bond donors (Lipinski definition) is 2. The van der Waals surface area contributed by atoms with E-state index in [0.29, 0.717) is 13.1 Å². The molecular formula is C40H55N3O3S. The van der Waals surface area contributed by atoms with Crippen LogP contribution in [0.25, 0.3) is 0 Å². The highest BCUT2D eigenvalue weighted by molar-refractivity contribution is 8.01. The smallest absolute Gasteiger partial charge is 0.410 e. The van der Waals surface area contributed by atoms with Crippen LogP contribution in [0.2, 0.25) is 0 Å². The Balaban J connectivity index is 1.68. The van der Waals surface area contributed by atoms with Gasteiger partial charge in [0.1, 0.15) is 5.60 Å². The van der Waals surface area contributed by atoms with Gasteiger partial charge in [0.25, 0.3) is 0 Å². The van der Waals surface area contributed by atoms with Gasteiger partial charge in [-0.25, -0.2) is 4.79 Å². The van der Waals surface area contributed by atoms with E-state index in [0.717, 1.165) is 25.7 Å². The summed E-state index contributed by atoms with van der Waals surface area (Å²) >= 11 is 1.91. The van der Waals surface area contributed by atoms with Crippen LogP contribution in [0.5, 0.6) is 0 Å². The van der Waals surface area contributed by atoms with Crippen molar-refractivity contribution in [3.05, 3.63) is 108 Å². The first-order valence-electron chi connectivity index (χ1n) is 17.4. The number of hydrogen-bond acceptors (Lipinski definition) is 5. The topological polar surface area (TPSA) is 70.7 Å². The number of amides is 2. The molecule has 1 fully saturated rings. The number of ether oxygens (including phenoxy) is 1. The lowest BCUT2D eigenvalue weighted by atomic mass is 9.84. The monoisotopic (exact) mass is 657 g/mol. The average Bonchev–Trinajstić information content (AvgIpc) is 3.46. The minimum absolute atomic E-state index is 0.0317. The minimum atomic E-state index is -0.614. The van der Waals surface area contributed by atoms with Gasteiger partial charge >= 0.3 is 6.09 Å². The molecule has 5 atom stereocenters. The highest BCUT2D eigenvalue weighted by Crippen LogP contribution is 2.52. The Bertz CT molecular complexity index is 1300. The SMILES string of the molecule is CCCC(C)NC(=O)[C@@H](NCC1CC(SC(c2ccccc2)(c2ccccc2)c2ccccc2)CN1C(=O)OC(C)(C)C)C(C)CC. The molecule has 0 saturated carbocycles. The fourth-order valence-corrected chi connectivity index (χ4v) is 8.43. The summed E-state index contributed by atoms with van der Waals surface area (Å²) in [6.07, 6.45) is 3.30. The van der Waals surface area contributed by atoms with Crippen molar-refractivity contribution in [3.8, 4) is 0 Å². The van der Waals surface area contributed by atoms with Crippen molar-refractivity contribution >= 4 is 23.8 Å². The lowest BCUT2D eigenvalue weighted by Gasteiger charge is -2.37. The van der Waals surface area contributed by atoms with Crippen molar-refractivity contribution in [2.24, 2.45) is 5.92 Å². The molecule has 2 amide bonds. The minimum Gasteiger partial charge on any atom is -0.444 e. The number of benzene rings is 3. The zero-order valence-corrected chi connectivity index (χ0v) is 30.2. The zero-order valence-electron chi connectivity index (χ0n) is 29.4. The lowest BCUT2D eigenvalue weighted by Crippen LogP contribution is -2.53. The van der Waals surface area contributed by atoms with Gasteiger partial charge in [-0.1, -0.05) is 125 Å². The fraction of sp³-hybridized carbons (Fsp3) is 0.500. The second-order valence-corrected chi connectivity index (χ2v) is 15.5. The molecule has 1 aliphatic rings. The summed E-state index contributed by atoms with van der Waals surface area (Å²) in [5.41, 5.74) is 2.98. The molecule has 47 heavy (non-hydrogen) atoms. The van der Waals surface area contributed by atoms with Gasteiger partial charge in [-0.3, -0.25) is 4.79 Å². The molecule has 7 heteroatoms. The third-order valence-electron chi connectivity index (χ3n) is 9.07. The highest BCUT2D eigenvalue weighted by atomic mass is 32.2. The van der Waals surface area contributed by atoms with Gasteiger partial charge in [-0.05, 0) is 63.1 Å². The molecule has 1 aliphatic heterocycles. The Labute approximate surface area is 287 Å². The van der Waals surface area contributed by atoms with Crippen LogP contribution < -0.4 is 10.6 Å². The summed E-state index contributed by atoms with van der Waals surface area (Å²) in [4.78, 5) is 29.1. The van der Waals surface area contributed by atoms with Crippen molar-refractivity contribution in [1.29, 1.82) is 0 Å². The second kappa shape index (κ2) is 16.7. The molecule has 4 rings (SSSR count). The third-order valence-corrected chi connectivity index (χ3v) is 10.8. The van der Waals surface area contributed by atoms with Crippen molar-refractivity contribution in [2.45, 2.75) is 108 Å². The lowest BCUT2D eigenvalue weighted by molar-refractivity contribution is -0.125. The molecule has 4 unspecified atom stereocenters. The first-order valence-corrected chi connectivity index (χ1v) is 18.2. The van der Waals surface area contributed by atoms with Crippen molar-refractivity contribution < 1.29 is 14.3 Å². The predicted octanol–water partition coefficient (Wildman–Crippen LogP) is 8.40. The molecule has 2 N–H and O–H groups in total. The van der Waals surface area contributed by atoms with Crippen LogP contribution in [0, 0.1) is 5.92 Å². The molecule has 254 valence electrons. The average molecular weight is 658 g/mol. The normalized spacial score (nSPS) is 18.7.